The van der Waals surface area contributed by atoms with Crippen molar-refractivity contribution in [2.45, 2.75) is 39.8 Å². The number of hydrogen-bond donors (Lipinski definition) is 1. The maximum atomic E-state index is 14.2. The van der Waals surface area contributed by atoms with Gasteiger partial charge < -0.3 is 5.11 Å². The monoisotopic (exact) mass is 279 g/mol. The molecular weight excluding hydrogens is 257 g/mol. The van der Waals surface area contributed by atoms with Crippen molar-refractivity contribution in [2.75, 3.05) is 6.54 Å². The van der Waals surface area contributed by atoms with Crippen LogP contribution in [0.15, 0.2) is 18.2 Å². The molecule has 0 bridgehead atoms. The summed E-state index contributed by atoms with van der Waals surface area (Å²) in [6.45, 7) is 8.00. The third kappa shape index (κ3) is 3.01. The highest BCUT2D eigenvalue weighted by atomic mass is 19.1. The maximum Gasteiger partial charge on any atom is 0.338 e. The Morgan fingerprint density at radius 2 is 2.10 bits per heavy atom. The average molecular weight is 279 g/mol. The molecule has 0 spiro atoms. The van der Waals surface area contributed by atoms with Crippen molar-refractivity contribution >= 4 is 5.97 Å². The molecule has 3 unspecified atom stereocenters. The van der Waals surface area contributed by atoms with E-state index in [1.807, 2.05) is 0 Å². The van der Waals surface area contributed by atoms with Crippen molar-refractivity contribution in [3.8, 4) is 0 Å². The predicted octanol–water partition coefficient (Wildman–Crippen LogP) is 3.39. The van der Waals surface area contributed by atoms with Gasteiger partial charge in [-0.1, -0.05) is 26.0 Å². The van der Waals surface area contributed by atoms with E-state index < -0.39 is 11.8 Å². The van der Waals surface area contributed by atoms with Gasteiger partial charge in [-0.2, -0.15) is 0 Å². The van der Waals surface area contributed by atoms with Crippen LogP contribution in [0.5, 0.6) is 0 Å². The van der Waals surface area contributed by atoms with E-state index in [-0.39, 0.29) is 5.56 Å². The first kappa shape index (κ1) is 15.0. The molecule has 1 aromatic carbocycles. The molecule has 1 aliphatic rings. The molecule has 0 amide bonds. The van der Waals surface area contributed by atoms with E-state index in [9.17, 15) is 9.18 Å². The summed E-state index contributed by atoms with van der Waals surface area (Å²) in [5.74, 6) is -0.646. The first-order valence-electron chi connectivity index (χ1n) is 7.15. The van der Waals surface area contributed by atoms with Gasteiger partial charge in [0.15, 0.2) is 0 Å². The summed E-state index contributed by atoms with van der Waals surface area (Å²) in [5, 5.41) is 8.98. The molecule has 1 saturated heterocycles. The number of aromatic carboxylic acids is 1. The quantitative estimate of drug-likeness (QED) is 0.922. The lowest BCUT2D eigenvalue weighted by Crippen LogP contribution is -2.45. The number of carboxylic acids is 1. The number of piperidine rings is 1. The second-order valence-corrected chi connectivity index (χ2v) is 6.07. The molecule has 3 atom stereocenters. The van der Waals surface area contributed by atoms with Crippen LogP contribution in [0, 0.1) is 17.7 Å². The molecule has 0 aliphatic carbocycles. The molecule has 4 heteroatoms. The van der Waals surface area contributed by atoms with Gasteiger partial charge in [-0.05, 0) is 31.2 Å². The van der Waals surface area contributed by atoms with Gasteiger partial charge in [-0.25, -0.2) is 9.18 Å². The molecule has 0 saturated carbocycles. The average Bonchev–Trinajstić information content (AvgIpc) is 2.37. The molecule has 1 N–H and O–H groups in total. The van der Waals surface area contributed by atoms with Crippen molar-refractivity contribution < 1.29 is 14.3 Å². The number of rotatable bonds is 3. The highest BCUT2D eigenvalue weighted by Crippen LogP contribution is 2.28. The molecule has 0 aromatic heterocycles. The number of nitrogens with zero attached hydrogens (tertiary/aromatic N) is 1. The Morgan fingerprint density at radius 1 is 1.40 bits per heavy atom. The van der Waals surface area contributed by atoms with Gasteiger partial charge in [0.1, 0.15) is 5.82 Å². The fourth-order valence-electron chi connectivity index (χ4n) is 3.13. The van der Waals surface area contributed by atoms with Gasteiger partial charge in [0, 0.05) is 24.7 Å². The zero-order valence-corrected chi connectivity index (χ0v) is 12.3. The molecular formula is C16H22FNO2. The lowest BCUT2D eigenvalue weighted by atomic mass is 9.85. The molecule has 0 radical (unpaired) electrons. The summed E-state index contributed by atoms with van der Waals surface area (Å²) in [5.41, 5.74) is 0.228. The number of carbonyl (C=O) groups is 1. The van der Waals surface area contributed by atoms with Gasteiger partial charge in [0.05, 0.1) is 5.56 Å². The highest BCUT2D eigenvalue weighted by Gasteiger charge is 2.29. The lowest BCUT2D eigenvalue weighted by Gasteiger charge is -2.41. The number of halogens is 1. The van der Waals surface area contributed by atoms with E-state index in [4.69, 9.17) is 5.11 Å². The lowest BCUT2D eigenvalue weighted by molar-refractivity contribution is 0.0680. The minimum absolute atomic E-state index is 0.242. The van der Waals surface area contributed by atoms with Crippen molar-refractivity contribution in [2.24, 2.45) is 11.8 Å². The summed E-state index contributed by atoms with van der Waals surface area (Å²) in [6, 6.07) is 4.99. The smallest absolute Gasteiger partial charge is 0.338 e. The summed E-state index contributed by atoms with van der Waals surface area (Å²) in [6.07, 6.45) is 1.19. The topological polar surface area (TPSA) is 40.5 Å². The van der Waals surface area contributed by atoms with Crippen LogP contribution < -0.4 is 0 Å². The Kier molecular flexibility index (Phi) is 4.43. The predicted molar refractivity (Wildman–Crippen MR) is 76.2 cm³/mol. The Balaban J connectivity index is 2.21. The van der Waals surface area contributed by atoms with Crippen LogP contribution in [0.3, 0.4) is 0 Å². The summed E-state index contributed by atoms with van der Waals surface area (Å²) < 4.78 is 14.2. The standard InChI is InChI=1S/C16H22FNO2/c1-10-7-11(2)12(3)18(8-10)9-13-5-4-6-14(15(13)17)16(19)20/h4-6,10-12H,7-9H2,1-3H3,(H,19,20). The van der Waals surface area contributed by atoms with E-state index in [1.165, 1.54) is 12.5 Å². The van der Waals surface area contributed by atoms with Gasteiger partial charge in [-0.3, -0.25) is 4.90 Å². The van der Waals surface area contributed by atoms with Crippen LogP contribution in [-0.4, -0.2) is 28.6 Å². The first-order chi connectivity index (χ1) is 9.40. The molecule has 3 nitrogen and oxygen atoms in total. The Hall–Kier alpha value is -1.42. The molecule has 1 heterocycles. The third-order valence-electron chi connectivity index (χ3n) is 4.40. The van der Waals surface area contributed by atoms with Crippen molar-refractivity contribution in [1.29, 1.82) is 0 Å². The molecule has 20 heavy (non-hydrogen) atoms. The van der Waals surface area contributed by atoms with Gasteiger partial charge >= 0.3 is 5.97 Å². The summed E-state index contributed by atoms with van der Waals surface area (Å²) >= 11 is 0. The van der Waals surface area contributed by atoms with E-state index >= 15 is 0 Å². The van der Waals surface area contributed by atoms with Gasteiger partial charge in [0.25, 0.3) is 0 Å². The van der Waals surface area contributed by atoms with Crippen LogP contribution >= 0.6 is 0 Å². The zero-order valence-electron chi connectivity index (χ0n) is 12.3. The van der Waals surface area contributed by atoms with Crippen LogP contribution in [-0.2, 0) is 6.54 Å². The molecule has 2 rings (SSSR count). The second-order valence-electron chi connectivity index (χ2n) is 6.07. The highest BCUT2D eigenvalue weighted by molar-refractivity contribution is 5.88. The third-order valence-corrected chi connectivity index (χ3v) is 4.40. The first-order valence-corrected chi connectivity index (χ1v) is 7.15. The van der Waals surface area contributed by atoms with E-state index in [2.05, 4.69) is 25.7 Å². The maximum absolute atomic E-state index is 14.2. The van der Waals surface area contributed by atoms with Gasteiger partial charge in [0.2, 0.25) is 0 Å². The molecule has 1 aromatic rings. The Labute approximate surface area is 119 Å². The van der Waals surface area contributed by atoms with Crippen molar-refractivity contribution in [3.05, 3.63) is 35.1 Å². The van der Waals surface area contributed by atoms with E-state index in [1.54, 1.807) is 12.1 Å². The minimum Gasteiger partial charge on any atom is -0.478 e. The fourth-order valence-corrected chi connectivity index (χ4v) is 3.13. The number of carboxylic acid groups (broad SMARTS) is 1. The number of likely N-dealkylation sites (tertiary alicyclic amines) is 1. The van der Waals surface area contributed by atoms with Crippen LogP contribution in [0.2, 0.25) is 0 Å². The number of hydrogen-bond acceptors (Lipinski definition) is 2. The van der Waals surface area contributed by atoms with Crippen molar-refractivity contribution in [3.63, 3.8) is 0 Å². The molecule has 110 valence electrons. The van der Waals surface area contributed by atoms with Crippen molar-refractivity contribution in [1.82, 2.24) is 4.90 Å². The molecule has 1 fully saturated rings. The summed E-state index contributed by atoms with van der Waals surface area (Å²) in [7, 11) is 0. The number of benzene rings is 1. The van der Waals surface area contributed by atoms with Gasteiger partial charge in [-0.15, -0.1) is 0 Å². The van der Waals surface area contributed by atoms with E-state index in [0.29, 0.717) is 30.0 Å². The SMILES string of the molecule is CC1CC(C)C(C)N(Cc2cccc(C(=O)O)c2F)C1. The van der Waals surface area contributed by atoms with Crippen LogP contribution in [0.4, 0.5) is 4.39 Å². The van der Waals surface area contributed by atoms with Crippen LogP contribution in [0.1, 0.15) is 43.1 Å². The Morgan fingerprint density at radius 3 is 2.75 bits per heavy atom. The zero-order chi connectivity index (χ0) is 14.9. The normalized spacial score (nSPS) is 27.5. The second kappa shape index (κ2) is 5.92. The van der Waals surface area contributed by atoms with Crippen LogP contribution in [0.25, 0.3) is 0 Å². The minimum atomic E-state index is -1.21. The van der Waals surface area contributed by atoms with E-state index in [0.717, 1.165) is 6.54 Å². The molecule has 1 aliphatic heterocycles. The summed E-state index contributed by atoms with van der Waals surface area (Å²) in [4.78, 5) is 13.2. The largest absolute Gasteiger partial charge is 0.478 e. The Bertz CT molecular complexity index is 503. The fraction of sp³-hybridized carbons (Fsp3) is 0.562.